The van der Waals surface area contributed by atoms with E-state index >= 15 is 0 Å². The highest BCUT2D eigenvalue weighted by Crippen LogP contribution is 2.21. The molecule has 2 aromatic rings. The van der Waals surface area contributed by atoms with E-state index in [-0.39, 0.29) is 0 Å². The molecule has 0 aliphatic carbocycles. The SMILES string of the molecule is c1ccc(CSc2nccc(N3CCOCC3)n2)cc1. The Labute approximate surface area is 123 Å². The maximum Gasteiger partial charge on any atom is 0.189 e. The van der Waals surface area contributed by atoms with Gasteiger partial charge in [-0.2, -0.15) is 0 Å². The van der Waals surface area contributed by atoms with Crippen LogP contribution in [0.15, 0.2) is 47.8 Å². The molecule has 0 bridgehead atoms. The Morgan fingerprint density at radius 3 is 2.70 bits per heavy atom. The van der Waals surface area contributed by atoms with Crippen molar-refractivity contribution in [1.82, 2.24) is 9.97 Å². The molecule has 0 radical (unpaired) electrons. The van der Waals surface area contributed by atoms with E-state index in [9.17, 15) is 0 Å². The van der Waals surface area contributed by atoms with E-state index < -0.39 is 0 Å². The minimum absolute atomic E-state index is 0.774. The first-order valence-electron chi connectivity index (χ1n) is 6.74. The molecule has 4 nitrogen and oxygen atoms in total. The number of anilines is 1. The van der Waals surface area contributed by atoms with Crippen molar-refractivity contribution in [2.24, 2.45) is 0 Å². The molecule has 1 aliphatic rings. The standard InChI is InChI=1S/C15H17N3OS/c1-2-4-13(5-3-1)12-20-15-16-7-6-14(17-15)18-8-10-19-11-9-18/h1-7H,8-12H2. The molecule has 0 saturated carbocycles. The minimum Gasteiger partial charge on any atom is -0.378 e. The van der Waals surface area contributed by atoms with Gasteiger partial charge in [0, 0.05) is 25.0 Å². The van der Waals surface area contributed by atoms with Crippen molar-refractivity contribution in [2.75, 3.05) is 31.2 Å². The molecular weight excluding hydrogens is 270 g/mol. The van der Waals surface area contributed by atoms with Crippen LogP contribution in [-0.4, -0.2) is 36.3 Å². The lowest BCUT2D eigenvalue weighted by atomic mass is 10.2. The Bertz CT molecular complexity index is 544. The van der Waals surface area contributed by atoms with Crippen molar-refractivity contribution >= 4 is 17.6 Å². The molecule has 1 aromatic heterocycles. The number of nitrogens with zero attached hydrogens (tertiary/aromatic N) is 3. The summed E-state index contributed by atoms with van der Waals surface area (Å²) < 4.78 is 5.37. The van der Waals surface area contributed by atoms with Crippen LogP contribution in [0.5, 0.6) is 0 Å². The van der Waals surface area contributed by atoms with Crippen molar-refractivity contribution in [3.63, 3.8) is 0 Å². The summed E-state index contributed by atoms with van der Waals surface area (Å²) in [7, 11) is 0. The third-order valence-electron chi connectivity index (χ3n) is 3.16. The second kappa shape index (κ2) is 6.72. The number of rotatable bonds is 4. The van der Waals surface area contributed by atoms with Crippen LogP contribution in [0.25, 0.3) is 0 Å². The van der Waals surface area contributed by atoms with E-state index in [1.165, 1.54) is 5.56 Å². The Hall–Kier alpha value is -1.59. The monoisotopic (exact) mass is 287 g/mol. The number of thioether (sulfide) groups is 1. The van der Waals surface area contributed by atoms with E-state index in [1.807, 2.05) is 18.3 Å². The minimum atomic E-state index is 0.774. The molecule has 0 atom stereocenters. The molecule has 1 aliphatic heterocycles. The summed E-state index contributed by atoms with van der Waals surface area (Å²) in [6.07, 6.45) is 1.84. The van der Waals surface area contributed by atoms with Crippen molar-refractivity contribution in [3.05, 3.63) is 48.2 Å². The average Bonchev–Trinajstić information content (AvgIpc) is 2.55. The number of aromatic nitrogens is 2. The Morgan fingerprint density at radius 1 is 1.10 bits per heavy atom. The number of hydrogen-bond acceptors (Lipinski definition) is 5. The van der Waals surface area contributed by atoms with Crippen molar-refractivity contribution in [1.29, 1.82) is 0 Å². The molecule has 1 fully saturated rings. The molecule has 1 aromatic carbocycles. The van der Waals surface area contributed by atoms with Crippen LogP contribution in [0.2, 0.25) is 0 Å². The largest absolute Gasteiger partial charge is 0.378 e. The van der Waals surface area contributed by atoms with Crippen LogP contribution in [0.1, 0.15) is 5.56 Å². The highest BCUT2D eigenvalue weighted by atomic mass is 32.2. The first kappa shape index (κ1) is 13.4. The van der Waals surface area contributed by atoms with Crippen molar-refractivity contribution in [3.8, 4) is 0 Å². The Kier molecular flexibility index (Phi) is 4.50. The lowest BCUT2D eigenvalue weighted by Crippen LogP contribution is -2.36. The summed E-state index contributed by atoms with van der Waals surface area (Å²) in [4.78, 5) is 11.2. The van der Waals surface area contributed by atoms with Gasteiger partial charge in [0.1, 0.15) is 5.82 Å². The van der Waals surface area contributed by atoms with Crippen LogP contribution in [-0.2, 0) is 10.5 Å². The summed E-state index contributed by atoms with van der Waals surface area (Å²) in [5.74, 6) is 1.90. The van der Waals surface area contributed by atoms with Crippen molar-refractivity contribution in [2.45, 2.75) is 10.9 Å². The molecule has 3 rings (SSSR count). The summed E-state index contributed by atoms with van der Waals surface area (Å²) in [6.45, 7) is 3.35. The van der Waals surface area contributed by atoms with Crippen LogP contribution < -0.4 is 4.90 Å². The van der Waals surface area contributed by atoms with Gasteiger partial charge in [-0.05, 0) is 11.6 Å². The molecule has 20 heavy (non-hydrogen) atoms. The number of morpholine rings is 1. The summed E-state index contributed by atoms with van der Waals surface area (Å²) in [6, 6.07) is 12.4. The van der Waals surface area contributed by atoms with Gasteiger partial charge in [0.15, 0.2) is 5.16 Å². The predicted molar refractivity (Wildman–Crippen MR) is 81.1 cm³/mol. The fourth-order valence-corrected chi connectivity index (χ4v) is 2.87. The smallest absolute Gasteiger partial charge is 0.189 e. The molecule has 2 heterocycles. The van der Waals surface area contributed by atoms with Crippen LogP contribution in [0.3, 0.4) is 0 Å². The van der Waals surface area contributed by atoms with Gasteiger partial charge in [0.25, 0.3) is 0 Å². The van der Waals surface area contributed by atoms with E-state index in [4.69, 9.17) is 4.74 Å². The van der Waals surface area contributed by atoms with Crippen LogP contribution in [0, 0.1) is 0 Å². The van der Waals surface area contributed by atoms with Gasteiger partial charge in [-0.1, -0.05) is 42.1 Å². The fourth-order valence-electron chi connectivity index (χ4n) is 2.09. The van der Waals surface area contributed by atoms with Crippen molar-refractivity contribution < 1.29 is 4.74 Å². The third-order valence-corrected chi connectivity index (χ3v) is 4.10. The number of ether oxygens (including phenoxy) is 1. The molecule has 1 saturated heterocycles. The third kappa shape index (κ3) is 3.49. The second-order valence-corrected chi connectivity index (χ2v) is 5.51. The molecule has 0 N–H and O–H groups in total. The first-order valence-corrected chi connectivity index (χ1v) is 7.73. The molecule has 0 spiro atoms. The average molecular weight is 287 g/mol. The number of hydrogen-bond donors (Lipinski definition) is 0. The highest BCUT2D eigenvalue weighted by molar-refractivity contribution is 7.98. The Balaban J connectivity index is 1.65. The maximum absolute atomic E-state index is 5.37. The number of benzene rings is 1. The van der Waals surface area contributed by atoms with E-state index in [0.717, 1.165) is 43.0 Å². The summed E-state index contributed by atoms with van der Waals surface area (Å²) in [5, 5.41) is 0.831. The summed E-state index contributed by atoms with van der Waals surface area (Å²) in [5.41, 5.74) is 1.29. The highest BCUT2D eigenvalue weighted by Gasteiger charge is 2.13. The van der Waals surface area contributed by atoms with Gasteiger partial charge in [-0.15, -0.1) is 0 Å². The predicted octanol–water partition coefficient (Wildman–Crippen LogP) is 2.61. The zero-order chi connectivity index (χ0) is 13.6. The van der Waals surface area contributed by atoms with Crippen LogP contribution >= 0.6 is 11.8 Å². The zero-order valence-electron chi connectivity index (χ0n) is 11.2. The molecule has 0 amide bonds. The normalized spacial score (nSPS) is 15.3. The van der Waals surface area contributed by atoms with E-state index in [0.29, 0.717) is 0 Å². The molecule has 5 heteroatoms. The van der Waals surface area contributed by atoms with Gasteiger partial charge in [-0.3, -0.25) is 0 Å². The summed E-state index contributed by atoms with van der Waals surface area (Å²) >= 11 is 1.67. The van der Waals surface area contributed by atoms with E-state index in [2.05, 4.69) is 39.1 Å². The topological polar surface area (TPSA) is 38.2 Å². The lowest BCUT2D eigenvalue weighted by molar-refractivity contribution is 0.122. The second-order valence-electron chi connectivity index (χ2n) is 4.57. The maximum atomic E-state index is 5.37. The van der Waals surface area contributed by atoms with Gasteiger partial charge in [0.2, 0.25) is 0 Å². The van der Waals surface area contributed by atoms with Gasteiger partial charge in [-0.25, -0.2) is 9.97 Å². The quantitative estimate of drug-likeness (QED) is 0.638. The zero-order valence-corrected chi connectivity index (χ0v) is 12.1. The molecular formula is C15H17N3OS. The van der Waals surface area contributed by atoms with Gasteiger partial charge < -0.3 is 9.64 Å². The molecule has 104 valence electrons. The van der Waals surface area contributed by atoms with Crippen LogP contribution in [0.4, 0.5) is 5.82 Å². The molecule has 0 unspecified atom stereocenters. The first-order chi connectivity index (χ1) is 9.92. The van der Waals surface area contributed by atoms with Gasteiger partial charge >= 0.3 is 0 Å². The van der Waals surface area contributed by atoms with Gasteiger partial charge in [0.05, 0.1) is 13.2 Å². The lowest BCUT2D eigenvalue weighted by Gasteiger charge is -2.27. The Morgan fingerprint density at radius 2 is 1.90 bits per heavy atom. The van der Waals surface area contributed by atoms with E-state index in [1.54, 1.807) is 11.8 Å². The fraction of sp³-hybridized carbons (Fsp3) is 0.333.